The Morgan fingerprint density at radius 3 is 2.42 bits per heavy atom. The fourth-order valence-electron chi connectivity index (χ4n) is 4.41. The van der Waals surface area contributed by atoms with E-state index in [2.05, 4.69) is 32.4 Å². The largest absolute Gasteiger partial charge is 0.345 e. The zero-order chi connectivity index (χ0) is 18.1. The first-order valence-electron chi connectivity index (χ1n) is 10.0. The zero-order valence-corrected chi connectivity index (χ0v) is 16.9. The Morgan fingerprint density at radius 1 is 1.19 bits per heavy atom. The van der Waals surface area contributed by atoms with Crippen molar-refractivity contribution in [1.29, 1.82) is 0 Å². The summed E-state index contributed by atoms with van der Waals surface area (Å²) in [7, 11) is 0. The minimum atomic E-state index is 0.123. The number of rotatable bonds is 3. The quantitative estimate of drug-likeness (QED) is 0.880. The number of amides is 2. The van der Waals surface area contributed by atoms with Gasteiger partial charge in [0.2, 0.25) is 0 Å². The van der Waals surface area contributed by atoms with Gasteiger partial charge in [0.05, 0.1) is 5.69 Å². The number of nitrogens with zero attached hydrogens (tertiary/aromatic N) is 4. The van der Waals surface area contributed by atoms with Gasteiger partial charge in [-0.15, -0.1) is 11.3 Å². The van der Waals surface area contributed by atoms with Gasteiger partial charge < -0.3 is 15.1 Å². The fraction of sp³-hybridized carbons (Fsp3) is 0.789. The molecule has 4 rings (SSSR count). The molecule has 0 aromatic carbocycles. The highest BCUT2D eigenvalue weighted by Crippen LogP contribution is 2.36. The zero-order valence-electron chi connectivity index (χ0n) is 16.0. The monoisotopic (exact) mass is 377 g/mol. The van der Waals surface area contributed by atoms with Crippen LogP contribution in [0.25, 0.3) is 0 Å². The third-order valence-electron chi connectivity index (χ3n) is 6.45. The molecular weight excluding hydrogens is 346 g/mol. The molecule has 7 heteroatoms. The van der Waals surface area contributed by atoms with Crippen LogP contribution in [0.2, 0.25) is 0 Å². The average Bonchev–Trinajstić information content (AvgIpc) is 3.02. The average molecular weight is 378 g/mol. The normalized spacial score (nSPS) is 30.2. The van der Waals surface area contributed by atoms with Crippen molar-refractivity contribution in [2.24, 2.45) is 0 Å². The second-order valence-corrected chi connectivity index (χ2v) is 9.14. The van der Waals surface area contributed by atoms with E-state index in [0.717, 1.165) is 49.8 Å². The van der Waals surface area contributed by atoms with Crippen LogP contribution in [0.5, 0.6) is 0 Å². The van der Waals surface area contributed by atoms with Gasteiger partial charge in [0.15, 0.2) is 5.13 Å². The Kier molecular flexibility index (Phi) is 5.10. The van der Waals surface area contributed by atoms with Gasteiger partial charge in [-0.25, -0.2) is 9.78 Å². The van der Waals surface area contributed by atoms with Gasteiger partial charge in [0, 0.05) is 43.1 Å². The predicted molar refractivity (Wildman–Crippen MR) is 106 cm³/mol. The lowest BCUT2D eigenvalue weighted by Crippen LogP contribution is -2.58. The molecule has 2 aliphatic heterocycles. The van der Waals surface area contributed by atoms with Crippen LogP contribution < -0.4 is 10.2 Å². The number of carbonyl (C=O) groups excluding carboxylic acids is 1. The van der Waals surface area contributed by atoms with Crippen LogP contribution in [0.3, 0.4) is 0 Å². The predicted octanol–water partition coefficient (Wildman–Crippen LogP) is 2.69. The first-order valence-corrected chi connectivity index (χ1v) is 10.9. The molecule has 2 amide bonds. The number of piperazine rings is 1. The van der Waals surface area contributed by atoms with Gasteiger partial charge in [-0.3, -0.25) is 4.90 Å². The van der Waals surface area contributed by atoms with E-state index in [4.69, 9.17) is 0 Å². The number of aromatic nitrogens is 1. The van der Waals surface area contributed by atoms with Gasteiger partial charge in [-0.2, -0.15) is 0 Å². The van der Waals surface area contributed by atoms with E-state index >= 15 is 0 Å². The van der Waals surface area contributed by atoms with Gasteiger partial charge in [-0.1, -0.05) is 0 Å². The highest BCUT2D eigenvalue weighted by Gasteiger charge is 2.39. The molecule has 1 N–H and O–H groups in total. The lowest BCUT2D eigenvalue weighted by molar-refractivity contribution is 0.00912. The van der Waals surface area contributed by atoms with Crippen molar-refractivity contribution >= 4 is 22.5 Å². The molecule has 1 aromatic heterocycles. The van der Waals surface area contributed by atoms with Gasteiger partial charge in [0.1, 0.15) is 0 Å². The Hall–Kier alpha value is -1.34. The number of likely N-dealkylation sites (tertiary alicyclic amines) is 1. The van der Waals surface area contributed by atoms with Crippen molar-refractivity contribution in [2.75, 3.05) is 44.2 Å². The van der Waals surface area contributed by atoms with Crippen molar-refractivity contribution in [3.63, 3.8) is 0 Å². The van der Waals surface area contributed by atoms with E-state index in [1.165, 1.54) is 32.4 Å². The van der Waals surface area contributed by atoms with Crippen LogP contribution in [-0.4, -0.2) is 71.7 Å². The van der Waals surface area contributed by atoms with Gasteiger partial charge in [-0.05, 0) is 59.0 Å². The molecular formula is C19H31N5OS. The summed E-state index contributed by atoms with van der Waals surface area (Å²) in [4.78, 5) is 24.1. The van der Waals surface area contributed by atoms with Crippen LogP contribution in [0.4, 0.5) is 9.93 Å². The smallest absolute Gasteiger partial charge is 0.317 e. The summed E-state index contributed by atoms with van der Waals surface area (Å²) in [5, 5.41) is 6.47. The maximum absolute atomic E-state index is 12.6. The molecule has 1 aromatic rings. The summed E-state index contributed by atoms with van der Waals surface area (Å²) in [6.07, 6.45) is 5.97. The van der Waals surface area contributed by atoms with Crippen molar-refractivity contribution in [1.82, 2.24) is 20.1 Å². The topological polar surface area (TPSA) is 51.7 Å². The van der Waals surface area contributed by atoms with Crippen LogP contribution in [0, 0.1) is 6.92 Å². The molecule has 144 valence electrons. The Labute approximate surface area is 160 Å². The van der Waals surface area contributed by atoms with E-state index < -0.39 is 0 Å². The number of hydrogen-bond acceptors (Lipinski definition) is 5. The summed E-state index contributed by atoms with van der Waals surface area (Å²) < 4.78 is 0. The van der Waals surface area contributed by atoms with Crippen LogP contribution in [0.1, 0.15) is 44.7 Å². The molecule has 3 heterocycles. The number of thiazole rings is 1. The van der Waals surface area contributed by atoms with E-state index in [-0.39, 0.29) is 6.03 Å². The Balaban J connectivity index is 1.22. The molecule has 3 aliphatic rings. The number of anilines is 1. The van der Waals surface area contributed by atoms with Crippen LogP contribution in [-0.2, 0) is 0 Å². The van der Waals surface area contributed by atoms with E-state index in [1.54, 1.807) is 11.3 Å². The third kappa shape index (κ3) is 3.69. The van der Waals surface area contributed by atoms with Gasteiger partial charge in [0.25, 0.3) is 0 Å². The minimum absolute atomic E-state index is 0.123. The lowest BCUT2D eigenvalue weighted by Gasteiger charge is -2.50. The summed E-state index contributed by atoms with van der Waals surface area (Å²) in [5.74, 6) is 0. The van der Waals surface area contributed by atoms with Crippen molar-refractivity contribution in [2.45, 2.75) is 57.5 Å². The lowest BCUT2D eigenvalue weighted by atomic mass is 9.78. The summed E-state index contributed by atoms with van der Waals surface area (Å²) in [5.41, 5.74) is 1.45. The number of aryl methyl sites for hydroxylation is 1. The van der Waals surface area contributed by atoms with E-state index in [9.17, 15) is 4.79 Å². The SMILES string of the molecule is Cc1csc(N2CCN(C(=O)NC3CCC(C)(N4CCC4)CC3)CC2)n1. The second kappa shape index (κ2) is 7.35. The standard InChI is InChI=1S/C19H31N5OS/c1-15-14-26-18(20-15)23-12-10-22(11-13-23)17(25)21-16-4-6-19(2,7-5-16)24-8-3-9-24/h14,16H,3-13H2,1-2H3,(H,21,25). The van der Waals surface area contributed by atoms with Crippen molar-refractivity contribution in [3.05, 3.63) is 11.1 Å². The van der Waals surface area contributed by atoms with Crippen molar-refractivity contribution < 1.29 is 4.79 Å². The first kappa shape index (κ1) is 18.0. The van der Waals surface area contributed by atoms with Crippen molar-refractivity contribution in [3.8, 4) is 0 Å². The summed E-state index contributed by atoms with van der Waals surface area (Å²) >= 11 is 1.69. The van der Waals surface area contributed by atoms with Crippen LogP contribution in [0.15, 0.2) is 5.38 Å². The molecule has 0 radical (unpaired) electrons. The fourth-order valence-corrected chi connectivity index (χ4v) is 5.27. The highest BCUT2D eigenvalue weighted by atomic mass is 32.1. The summed E-state index contributed by atoms with van der Waals surface area (Å²) in [6, 6.07) is 0.467. The molecule has 26 heavy (non-hydrogen) atoms. The molecule has 1 aliphatic carbocycles. The Bertz CT molecular complexity index is 628. The maximum Gasteiger partial charge on any atom is 0.317 e. The molecule has 2 saturated heterocycles. The van der Waals surface area contributed by atoms with E-state index in [0.29, 0.717) is 11.6 Å². The molecule has 0 unspecified atom stereocenters. The second-order valence-electron chi connectivity index (χ2n) is 8.31. The summed E-state index contributed by atoms with van der Waals surface area (Å²) in [6.45, 7) is 10.3. The van der Waals surface area contributed by atoms with Crippen LogP contribution >= 0.6 is 11.3 Å². The Morgan fingerprint density at radius 2 is 1.88 bits per heavy atom. The molecule has 1 saturated carbocycles. The molecule has 0 atom stereocenters. The molecule has 0 spiro atoms. The first-order chi connectivity index (χ1) is 12.5. The van der Waals surface area contributed by atoms with Gasteiger partial charge >= 0.3 is 6.03 Å². The van der Waals surface area contributed by atoms with E-state index in [1.807, 2.05) is 11.8 Å². The highest BCUT2D eigenvalue weighted by molar-refractivity contribution is 7.13. The maximum atomic E-state index is 12.6. The number of hydrogen-bond donors (Lipinski definition) is 1. The minimum Gasteiger partial charge on any atom is -0.345 e. The number of nitrogens with one attached hydrogen (secondary N) is 1. The number of urea groups is 1. The molecule has 3 fully saturated rings. The molecule has 6 nitrogen and oxygen atoms in total. The molecule has 0 bridgehead atoms. The number of carbonyl (C=O) groups is 1. The third-order valence-corrected chi connectivity index (χ3v) is 7.47.